The van der Waals surface area contributed by atoms with Crippen LogP contribution in [0.3, 0.4) is 0 Å². The third kappa shape index (κ3) is 6.49. The van der Waals surface area contributed by atoms with Crippen molar-refractivity contribution < 1.29 is 13.2 Å². The Hall–Kier alpha value is -1.11. The molecular formula is C16H23ClN2O3S. The minimum absolute atomic E-state index is 0.0746. The van der Waals surface area contributed by atoms with Gasteiger partial charge in [0.25, 0.3) is 0 Å². The molecule has 128 valence electrons. The van der Waals surface area contributed by atoms with Crippen molar-refractivity contribution in [2.45, 2.75) is 50.6 Å². The Morgan fingerprint density at radius 3 is 2.39 bits per heavy atom. The summed E-state index contributed by atoms with van der Waals surface area (Å²) in [6, 6.07) is 6.46. The number of halogens is 1. The van der Waals surface area contributed by atoms with Gasteiger partial charge in [-0.3, -0.25) is 4.79 Å². The molecule has 2 rings (SSSR count). The highest BCUT2D eigenvalue weighted by Gasteiger charge is 2.22. The molecule has 0 aromatic heterocycles. The molecule has 23 heavy (non-hydrogen) atoms. The molecular weight excluding hydrogens is 336 g/mol. The van der Waals surface area contributed by atoms with Crippen LogP contribution in [0.2, 0.25) is 5.02 Å². The van der Waals surface area contributed by atoms with Crippen LogP contribution in [0.1, 0.15) is 50.1 Å². The first-order valence-electron chi connectivity index (χ1n) is 7.85. The van der Waals surface area contributed by atoms with Crippen molar-refractivity contribution in [3.05, 3.63) is 34.9 Å². The van der Waals surface area contributed by atoms with Crippen molar-refractivity contribution in [2.75, 3.05) is 6.26 Å². The zero-order chi connectivity index (χ0) is 16.9. The maximum Gasteiger partial charge on any atom is 0.222 e. The second-order valence-electron chi connectivity index (χ2n) is 6.10. The molecule has 0 heterocycles. The smallest absolute Gasteiger partial charge is 0.222 e. The summed E-state index contributed by atoms with van der Waals surface area (Å²) in [5.41, 5.74) is 0.721. The molecule has 0 unspecified atom stereocenters. The van der Waals surface area contributed by atoms with Gasteiger partial charge in [-0.2, -0.15) is 0 Å². The average Bonchev–Trinajstić information content (AvgIpc) is 2.47. The van der Waals surface area contributed by atoms with Crippen molar-refractivity contribution >= 4 is 27.5 Å². The van der Waals surface area contributed by atoms with E-state index in [0.29, 0.717) is 5.02 Å². The van der Waals surface area contributed by atoms with E-state index in [4.69, 9.17) is 11.6 Å². The van der Waals surface area contributed by atoms with Crippen LogP contribution in [-0.4, -0.2) is 26.6 Å². The van der Waals surface area contributed by atoms with E-state index in [2.05, 4.69) is 10.0 Å². The fourth-order valence-electron chi connectivity index (χ4n) is 2.90. The van der Waals surface area contributed by atoms with E-state index in [1.54, 1.807) is 24.3 Å². The summed E-state index contributed by atoms with van der Waals surface area (Å²) in [7, 11) is -3.42. The van der Waals surface area contributed by atoms with E-state index in [1.807, 2.05) is 0 Å². The minimum Gasteiger partial charge on any atom is -0.353 e. The number of sulfonamides is 1. The van der Waals surface area contributed by atoms with Crippen molar-refractivity contribution in [3.63, 3.8) is 0 Å². The number of hydrogen-bond acceptors (Lipinski definition) is 3. The Morgan fingerprint density at radius 1 is 1.22 bits per heavy atom. The van der Waals surface area contributed by atoms with E-state index in [1.165, 1.54) is 6.42 Å². The average molecular weight is 359 g/mol. The van der Waals surface area contributed by atoms with Gasteiger partial charge < -0.3 is 5.32 Å². The molecule has 1 amide bonds. The van der Waals surface area contributed by atoms with Crippen LogP contribution in [0.4, 0.5) is 0 Å². The van der Waals surface area contributed by atoms with Gasteiger partial charge >= 0.3 is 0 Å². The van der Waals surface area contributed by atoms with Gasteiger partial charge in [0.05, 0.1) is 12.3 Å². The molecule has 1 fully saturated rings. The van der Waals surface area contributed by atoms with Gasteiger partial charge in [0.2, 0.25) is 15.9 Å². The summed E-state index contributed by atoms with van der Waals surface area (Å²) in [5.74, 6) is -0.131. The summed E-state index contributed by atoms with van der Waals surface area (Å²) in [6.07, 6.45) is 6.64. The van der Waals surface area contributed by atoms with Gasteiger partial charge in [-0.15, -0.1) is 0 Å². The van der Waals surface area contributed by atoms with Crippen molar-refractivity contribution in [3.8, 4) is 0 Å². The summed E-state index contributed by atoms with van der Waals surface area (Å²) in [4.78, 5) is 12.3. The lowest BCUT2D eigenvalue weighted by molar-refractivity contribution is -0.122. The third-order valence-corrected chi connectivity index (χ3v) is 4.95. The van der Waals surface area contributed by atoms with E-state index >= 15 is 0 Å². The number of carbonyl (C=O) groups is 1. The standard InChI is InChI=1S/C16H23ClN2O3S/c1-23(21,22)19-15(12-7-9-13(17)10-8-12)11-16(20)18-14-5-3-2-4-6-14/h7-10,14-15,19H,2-6,11H2,1H3,(H,18,20)/t15-/m1/s1. The molecule has 0 saturated heterocycles. The second-order valence-corrected chi connectivity index (χ2v) is 8.32. The van der Waals surface area contributed by atoms with E-state index < -0.39 is 16.1 Å². The van der Waals surface area contributed by atoms with Crippen LogP contribution in [0.15, 0.2) is 24.3 Å². The van der Waals surface area contributed by atoms with Gasteiger partial charge in [-0.1, -0.05) is 43.0 Å². The van der Waals surface area contributed by atoms with E-state index in [0.717, 1.165) is 37.5 Å². The second kappa shape index (κ2) is 8.13. The van der Waals surface area contributed by atoms with Gasteiger partial charge in [0.1, 0.15) is 0 Å². The highest BCUT2D eigenvalue weighted by molar-refractivity contribution is 7.88. The van der Waals surface area contributed by atoms with Crippen LogP contribution in [-0.2, 0) is 14.8 Å². The lowest BCUT2D eigenvalue weighted by Crippen LogP contribution is -2.39. The molecule has 0 spiro atoms. The zero-order valence-electron chi connectivity index (χ0n) is 13.2. The number of rotatable bonds is 6. The highest BCUT2D eigenvalue weighted by atomic mass is 35.5. The normalized spacial score (nSPS) is 17.7. The van der Waals surface area contributed by atoms with Crippen LogP contribution >= 0.6 is 11.6 Å². The molecule has 1 atom stereocenters. The number of amides is 1. The van der Waals surface area contributed by atoms with Crippen molar-refractivity contribution in [2.24, 2.45) is 0 Å². The Kier molecular flexibility index (Phi) is 6.44. The largest absolute Gasteiger partial charge is 0.353 e. The van der Waals surface area contributed by atoms with Crippen LogP contribution in [0, 0.1) is 0 Å². The molecule has 7 heteroatoms. The van der Waals surface area contributed by atoms with Gasteiger partial charge in [-0.25, -0.2) is 13.1 Å². The molecule has 1 saturated carbocycles. The molecule has 1 aliphatic carbocycles. The molecule has 2 N–H and O–H groups in total. The first kappa shape index (κ1) is 18.2. The molecule has 0 radical (unpaired) electrons. The Balaban J connectivity index is 2.04. The topological polar surface area (TPSA) is 75.3 Å². The number of benzene rings is 1. The molecule has 0 aliphatic heterocycles. The van der Waals surface area contributed by atoms with E-state index in [-0.39, 0.29) is 18.4 Å². The predicted octanol–water partition coefficient (Wildman–Crippen LogP) is 2.77. The summed E-state index contributed by atoms with van der Waals surface area (Å²) in [6.45, 7) is 0. The zero-order valence-corrected chi connectivity index (χ0v) is 14.8. The van der Waals surface area contributed by atoms with Crippen molar-refractivity contribution in [1.82, 2.24) is 10.0 Å². The third-order valence-electron chi connectivity index (χ3n) is 3.99. The molecule has 1 aromatic rings. The first-order valence-corrected chi connectivity index (χ1v) is 10.1. The van der Waals surface area contributed by atoms with Gasteiger partial charge in [0.15, 0.2) is 0 Å². The maximum absolute atomic E-state index is 12.3. The molecule has 0 bridgehead atoms. The van der Waals surface area contributed by atoms with Crippen molar-refractivity contribution in [1.29, 1.82) is 0 Å². The fraction of sp³-hybridized carbons (Fsp3) is 0.562. The lowest BCUT2D eigenvalue weighted by atomic mass is 9.95. The lowest BCUT2D eigenvalue weighted by Gasteiger charge is -2.24. The number of nitrogens with one attached hydrogen (secondary N) is 2. The molecule has 5 nitrogen and oxygen atoms in total. The Labute approximate surface area is 142 Å². The monoisotopic (exact) mass is 358 g/mol. The molecule has 1 aromatic carbocycles. The van der Waals surface area contributed by atoms with Crippen LogP contribution < -0.4 is 10.0 Å². The van der Waals surface area contributed by atoms with Crippen LogP contribution in [0.25, 0.3) is 0 Å². The number of hydrogen-bond donors (Lipinski definition) is 2. The summed E-state index contributed by atoms with van der Waals surface area (Å²) >= 11 is 5.87. The van der Waals surface area contributed by atoms with E-state index in [9.17, 15) is 13.2 Å². The van der Waals surface area contributed by atoms with Gasteiger partial charge in [-0.05, 0) is 30.5 Å². The maximum atomic E-state index is 12.3. The number of carbonyl (C=O) groups excluding carboxylic acids is 1. The minimum atomic E-state index is -3.42. The Bertz CT molecular complexity index is 625. The van der Waals surface area contributed by atoms with Gasteiger partial charge in [0, 0.05) is 17.5 Å². The first-order chi connectivity index (χ1) is 10.8. The predicted molar refractivity (Wildman–Crippen MR) is 91.8 cm³/mol. The quantitative estimate of drug-likeness (QED) is 0.821. The summed E-state index contributed by atoms with van der Waals surface area (Å²) < 4.78 is 25.7. The molecule has 1 aliphatic rings. The SMILES string of the molecule is CS(=O)(=O)N[C@H](CC(=O)NC1CCCCC1)c1ccc(Cl)cc1. The highest BCUT2D eigenvalue weighted by Crippen LogP contribution is 2.22. The summed E-state index contributed by atoms with van der Waals surface area (Å²) in [5, 5.41) is 3.58. The fourth-order valence-corrected chi connectivity index (χ4v) is 3.76. The van der Waals surface area contributed by atoms with Crippen LogP contribution in [0.5, 0.6) is 0 Å². The Morgan fingerprint density at radius 2 is 1.83 bits per heavy atom.